The SMILES string of the molecule is O=C(O)CC1CCCN1Cc1csc(-c2ccccn2)n1. The molecule has 1 atom stereocenters. The molecular weight excluding hydrogens is 286 g/mol. The molecule has 1 aliphatic heterocycles. The Bertz CT molecular complexity index is 614. The highest BCUT2D eigenvalue weighted by molar-refractivity contribution is 7.13. The first-order valence-electron chi connectivity index (χ1n) is 7.04. The second-order valence-corrected chi connectivity index (χ2v) is 6.08. The minimum absolute atomic E-state index is 0.141. The Morgan fingerprint density at radius 1 is 1.48 bits per heavy atom. The van der Waals surface area contributed by atoms with Crippen LogP contribution in [0.4, 0.5) is 0 Å². The molecule has 1 unspecified atom stereocenters. The lowest BCUT2D eigenvalue weighted by Gasteiger charge is -2.21. The van der Waals surface area contributed by atoms with Crippen molar-refractivity contribution < 1.29 is 9.90 Å². The van der Waals surface area contributed by atoms with E-state index in [2.05, 4.69) is 14.9 Å². The number of carboxylic acid groups (broad SMARTS) is 1. The zero-order chi connectivity index (χ0) is 14.7. The van der Waals surface area contributed by atoms with Gasteiger partial charge in [-0.3, -0.25) is 14.7 Å². The van der Waals surface area contributed by atoms with Crippen molar-refractivity contribution in [3.63, 3.8) is 0 Å². The lowest BCUT2D eigenvalue weighted by Crippen LogP contribution is -2.30. The molecule has 0 bridgehead atoms. The number of aliphatic carboxylic acids is 1. The summed E-state index contributed by atoms with van der Waals surface area (Å²) in [6.07, 6.45) is 4.01. The van der Waals surface area contributed by atoms with Crippen LogP contribution in [0.1, 0.15) is 25.0 Å². The molecule has 0 aromatic carbocycles. The van der Waals surface area contributed by atoms with Crippen LogP contribution in [0.5, 0.6) is 0 Å². The quantitative estimate of drug-likeness (QED) is 0.920. The van der Waals surface area contributed by atoms with Gasteiger partial charge in [-0.25, -0.2) is 4.98 Å². The fourth-order valence-corrected chi connectivity index (χ4v) is 3.52. The van der Waals surface area contributed by atoms with E-state index in [-0.39, 0.29) is 12.5 Å². The average Bonchev–Trinajstić information content (AvgIpc) is 3.10. The Kier molecular flexibility index (Phi) is 4.26. The minimum Gasteiger partial charge on any atom is -0.481 e. The second kappa shape index (κ2) is 6.32. The number of nitrogens with zero attached hydrogens (tertiary/aromatic N) is 3. The molecule has 0 saturated carbocycles. The van der Waals surface area contributed by atoms with E-state index in [0.29, 0.717) is 0 Å². The number of hydrogen-bond acceptors (Lipinski definition) is 5. The van der Waals surface area contributed by atoms with Gasteiger partial charge in [0.15, 0.2) is 0 Å². The number of aromatic nitrogens is 2. The molecule has 1 N–H and O–H groups in total. The zero-order valence-electron chi connectivity index (χ0n) is 11.6. The molecule has 21 heavy (non-hydrogen) atoms. The van der Waals surface area contributed by atoms with Crippen LogP contribution in [-0.2, 0) is 11.3 Å². The maximum atomic E-state index is 10.9. The van der Waals surface area contributed by atoms with Crippen LogP contribution in [0, 0.1) is 0 Å². The van der Waals surface area contributed by atoms with Crippen LogP contribution < -0.4 is 0 Å². The lowest BCUT2D eigenvalue weighted by molar-refractivity contribution is -0.138. The number of carbonyl (C=O) groups is 1. The van der Waals surface area contributed by atoms with Crippen molar-refractivity contribution in [2.24, 2.45) is 0 Å². The summed E-state index contributed by atoms with van der Waals surface area (Å²) in [6, 6.07) is 5.93. The summed E-state index contributed by atoms with van der Waals surface area (Å²) in [5, 5.41) is 11.9. The van der Waals surface area contributed by atoms with Crippen LogP contribution in [0.15, 0.2) is 29.8 Å². The van der Waals surface area contributed by atoms with Gasteiger partial charge in [0.1, 0.15) is 5.01 Å². The number of pyridine rings is 1. The fraction of sp³-hybridized carbons (Fsp3) is 0.400. The van der Waals surface area contributed by atoms with Crippen LogP contribution in [-0.4, -0.2) is 38.5 Å². The van der Waals surface area contributed by atoms with Crippen molar-refractivity contribution >= 4 is 17.3 Å². The van der Waals surface area contributed by atoms with Crippen molar-refractivity contribution in [2.75, 3.05) is 6.54 Å². The van der Waals surface area contributed by atoms with Crippen molar-refractivity contribution in [1.29, 1.82) is 0 Å². The summed E-state index contributed by atoms with van der Waals surface area (Å²) in [5.74, 6) is -0.723. The Labute approximate surface area is 127 Å². The van der Waals surface area contributed by atoms with E-state index >= 15 is 0 Å². The molecule has 0 amide bonds. The summed E-state index contributed by atoms with van der Waals surface area (Å²) in [6.45, 7) is 1.68. The summed E-state index contributed by atoms with van der Waals surface area (Å²) in [7, 11) is 0. The van der Waals surface area contributed by atoms with Crippen molar-refractivity contribution in [1.82, 2.24) is 14.9 Å². The summed E-state index contributed by atoms with van der Waals surface area (Å²) >= 11 is 1.58. The molecule has 1 saturated heterocycles. The van der Waals surface area contributed by atoms with Gasteiger partial charge in [-0.2, -0.15) is 0 Å². The van der Waals surface area contributed by atoms with Gasteiger partial charge >= 0.3 is 5.97 Å². The molecule has 1 fully saturated rings. The first kappa shape index (κ1) is 14.2. The van der Waals surface area contributed by atoms with E-state index in [1.54, 1.807) is 17.5 Å². The third kappa shape index (κ3) is 3.46. The number of hydrogen-bond donors (Lipinski definition) is 1. The minimum atomic E-state index is -0.723. The molecule has 6 heteroatoms. The normalized spacial score (nSPS) is 19.0. The first-order valence-corrected chi connectivity index (χ1v) is 7.92. The van der Waals surface area contributed by atoms with Crippen LogP contribution >= 0.6 is 11.3 Å². The van der Waals surface area contributed by atoms with Crippen molar-refractivity contribution in [3.05, 3.63) is 35.5 Å². The van der Waals surface area contributed by atoms with E-state index < -0.39 is 5.97 Å². The Balaban J connectivity index is 1.68. The fourth-order valence-electron chi connectivity index (χ4n) is 2.73. The predicted octanol–water partition coefficient (Wildman–Crippen LogP) is 2.64. The monoisotopic (exact) mass is 303 g/mol. The maximum absolute atomic E-state index is 10.9. The first-order chi connectivity index (χ1) is 10.2. The van der Waals surface area contributed by atoms with Gasteiger partial charge in [0, 0.05) is 24.2 Å². The number of rotatable bonds is 5. The van der Waals surface area contributed by atoms with E-state index in [1.807, 2.05) is 23.6 Å². The topological polar surface area (TPSA) is 66.3 Å². The largest absolute Gasteiger partial charge is 0.481 e. The Morgan fingerprint density at radius 3 is 3.14 bits per heavy atom. The lowest BCUT2D eigenvalue weighted by atomic mass is 10.1. The van der Waals surface area contributed by atoms with E-state index in [4.69, 9.17) is 5.11 Å². The van der Waals surface area contributed by atoms with E-state index in [9.17, 15) is 4.79 Å². The highest BCUT2D eigenvalue weighted by atomic mass is 32.1. The molecule has 110 valence electrons. The zero-order valence-corrected chi connectivity index (χ0v) is 12.4. The van der Waals surface area contributed by atoms with Gasteiger partial charge in [0.2, 0.25) is 0 Å². The molecule has 2 aromatic heterocycles. The molecule has 3 heterocycles. The van der Waals surface area contributed by atoms with Gasteiger partial charge < -0.3 is 5.11 Å². The predicted molar refractivity (Wildman–Crippen MR) is 81.0 cm³/mol. The summed E-state index contributed by atoms with van der Waals surface area (Å²) < 4.78 is 0. The Morgan fingerprint density at radius 2 is 2.38 bits per heavy atom. The average molecular weight is 303 g/mol. The van der Waals surface area contributed by atoms with Gasteiger partial charge in [-0.05, 0) is 31.5 Å². The standard InChI is InChI=1S/C15H17N3O2S/c19-14(20)8-12-4-3-7-18(12)9-11-10-21-15(17-11)13-5-1-2-6-16-13/h1-2,5-6,10,12H,3-4,7-9H2,(H,19,20). The van der Waals surface area contributed by atoms with Crippen molar-refractivity contribution in [3.8, 4) is 10.7 Å². The van der Waals surface area contributed by atoms with Gasteiger partial charge in [-0.15, -0.1) is 11.3 Å². The summed E-state index contributed by atoms with van der Waals surface area (Å²) in [4.78, 5) is 22.1. The molecule has 2 aromatic rings. The highest BCUT2D eigenvalue weighted by Crippen LogP contribution is 2.26. The van der Waals surface area contributed by atoms with Gasteiger partial charge in [-0.1, -0.05) is 6.07 Å². The summed E-state index contributed by atoms with van der Waals surface area (Å²) in [5.41, 5.74) is 1.88. The molecule has 5 nitrogen and oxygen atoms in total. The number of thiazole rings is 1. The van der Waals surface area contributed by atoms with Crippen LogP contribution in [0.25, 0.3) is 10.7 Å². The third-order valence-electron chi connectivity index (χ3n) is 3.71. The molecule has 1 aliphatic rings. The highest BCUT2D eigenvalue weighted by Gasteiger charge is 2.27. The molecule has 3 rings (SSSR count). The number of carboxylic acids is 1. The molecule has 0 radical (unpaired) electrons. The maximum Gasteiger partial charge on any atom is 0.304 e. The van der Waals surface area contributed by atoms with Gasteiger partial charge in [0.05, 0.1) is 17.8 Å². The number of likely N-dealkylation sites (tertiary alicyclic amines) is 1. The van der Waals surface area contributed by atoms with Crippen molar-refractivity contribution in [2.45, 2.75) is 31.8 Å². The smallest absolute Gasteiger partial charge is 0.304 e. The molecule has 0 spiro atoms. The van der Waals surface area contributed by atoms with E-state index in [1.165, 1.54) is 0 Å². The third-order valence-corrected chi connectivity index (χ3v) is 4.62. The van der Waals surface area contributed by atoms with E-state index in [0.717, 1.165) is 42.3 Å². The Hall–Kier alpha value is -1.79. The second-order valence-electron chi connectivity index (χ2n) is 5.22. The molecular formula is C15H17N3O2S. The molecule has 0 aliphatic carbocycles. The van der Waals surface area contributed by atoms with Crippen LogP contribution in [0.3, 0.4) is 0 Å². The van der Waals surface area contributed by atoms with Crippen LogP contribution in [0.2, 0.25) is 0 Å². The van der Waals surface area contributed by atoms with Gasteiger partial charge in [0.25, 0.3) is 0 Å².